The van der Waals surface area contributed by atoms with Crippen LogP contribution in [0.1, 0.15) is 20.8 Å². The first-order valence-corrected chi connectivity index (χ1v) is 6.52. The predicted octanol–water partition coefficient (Wildman–Crippen LogP) is 1.48. The highest BCUT2D eigenvalue weighted by molar-refractivity contribution is 4.91. The maximum Gasteiger partial charge on any atom is 0.0303 e. The van der Waals surface area contributed by atoms with Crippen molar-refractivity contribution >= 4 is 0 Å². The average Bonchev–Trinajstić information content (AvgIpc) is 2.31. The SMILES string of the molecule is C=C(C)N1CCN(CCN(CC)CC)CC1. The number of piperazine rings is 1. The van der Waals surface area contributed by atoms with Gasteiger partial charge in [-0.1, -0.05) is 20.4 Å². The fourth-order valence-electron chi connectivity index (χ4n) is 2.18. The van der Waals surface area contributed by atoms with Crippen molar-refractivity contribution in [3.05, 3.63) is 12.3 Å². The summed E-state index contributed by atoms with van der Waals surface area (Å²) in [6.45, 7) is 20.0. The Morgan fingerprint density at radius 2 is 1.69 bits per heavy atom. The van der Waals surface area contributed by atoms with Gasteiger partial charge in [0.1, 0.15) is 0 Å². The Morgan fingerprint density at radius 1 is 1.12 bits per heavy atom. The van der Waals surface area contributed by atoms with E-state index in [4.69, 9.17) is 0 Å². The van der Waals surface area contributed by atoms with Crippen molar-refractivity contribution < 1.29 is 0 Å². The minimum absolute atomic E-state index is 1.15. The molecule has 1 aliphatic rings. The fraction of sp³-hybridized carbons (Fsp3) is 0.846. The third kappa shape index (κ3) is 4.14. The van der Waals surface area contributed by atoms with Gasteiger partial charge in [0.05, 0.1) is 0 Å². The van der Waals surface area contributed by atoms with Gasteiger partial charge in [0.15, 0.2) is 0 Å². The van der Waals surface area contributed by atoms with Gasteiger partial charge in [-0.2, -0.15) is 0 Å². The summed E-state index contributed by atoms with van der Waals surface area (Å²) < 4.78 is 0. The molecule has 0 aromatic carbocycles. The van der Waals surface area contributed by atoms with E-state index in [2.05, 4.69) is 42.0 Å². The number of hydrogen-bond acceptors (Lipinski definition) is 3. The van der Waals surface area contributed by atoms with Gasteiger partial charge in [0, 0.05) is 45.0 Å². The maximum absolute atomic E-state index is 4.00. The average molecular weight is 225 g/mol. The zero-order valence-corrected chi connectivity index (χ0v) is 11.2. The van der Waals surface area contributed by atoms with Crippen molar-refractivity contribution in [1.82, 2.24) is 14.7 Å². The van der Waals surface area contributed by atoms with Gasteiger partial charge in [-0.15, -0.1) is 0 Å². The van der Waals surface area contributed by atoms with E-state index < -0.39 is 0 Å². The van der Waals surface area contributed by atoms with Crippen molar-refractivity contribution in [2.45, 2.75) is 20.8 Å². The van der Waals surface area contributed by atoms with Crippen LogP contribution in [0, 0.1) is 0 Å². The van der Waals surface area contributed by atoms with Crippen LogP contribution >= 0.6 is 0 Å². The van der Waals surface area contributed by atoms with Gasteiger partial charge < -0.3 is 9.80 Å². The second-order valence-electron chi connectivity index (χ2n) is 4.59. The number of likely N-dealkylation sites (N-methyl/N-ethyl adjacent to an activating group) is 1. The van der Waals surface area contributed by atoms with Gasteiger partial charge in [-0.25, -0.2) is 0 Å². The Kier molecular flexibility index (Phi) is 5.85. The van der Waals surface area contributed by atoms with Crippen molar-refractivity contribution in [2.24, 2.45) is 0 Å². The lowest BCUT2D eigenvalue weighted by atomic mass is 10.3. The summed E-state index contributed by atoms with van der Waals surface area (Å²) in [6.07, 6.45) is 0. The third-order valence-electron chi connectivity index (χ3n) is 3.54. The number of nitrogens with zero attached hydrogens (tertiary/aromatic N) is 3. The molecule has 3 heteroatoms. The quantitative estimate of drug-likeness (QED) is 0.678. The Morgan fingerprint density at radius 3 is 2.12 bits per heavy atom. The van der Waals surface area contributed by atoms with Crippen LogP contribution in [-0.4, -0.2) is 67.1 Å². The molecule has 0 amide bonds. The lowest BCUT2D eigenvalue weighted by Crippen LogP contribution is -2.47. The first-order valence-electron chi connectivity index (χ1n) is 6.52. The summed E-state index contributed by atoms with van der Waals surface area (Å²) >= 11 is 0. The van der Waals surface area contributed by atoms with E-state index in [0.717, 1.165) is 13.1 Å². The molecule has 0 spiro atoms. The van der Waals surface area contributed by atoms with Crippen LogP contribution < -0.4 is 0 Å². The van der Waals surface area contributed by atoms with Gasteiger partial charge in [-0.05, 0) is 20.0 Å². The monoisotopic (exact) mass is 225 g/mol. The highest BCUT2D eigenvalue weighted by Crippen LogP contribution is 2.06. The number of rotatable bonds is 6. The van der Waals surface area contributed by atoms with E-state index >= 15 is 0 Å². The zero-order valence-electron chi connectivity index (χ0n) is 11.2. The zero-order chi connectivity index (χ0) is 12.0. The summed E-state index contributed by atoms with van der Waals surface area (Å²) in [4.78, 5) is 7.44. The Bertz CT molecular complexity index is 203. The van der Waals surface area contributed by atoms with Crippen LogP contribution in [0.15, 0.2) is 12.3 Å². The second kappa shape index (κ2) is 6.92. The van der Waals surface area contributed by atoms with Crippen LogP contribution in [0.2, 0.25) is 0 Å². The molecule has 94 valence electrons. The first-order chi connectivity index (χ1) is 7.67. The summed E-state index contributed by atoms with van der Waals surface area (Å²) in [5.74, 6) is 0. The van der Waals surface area contributed by atoms with E-state index in [1.807, 2.05) is 0 Å². The van der Waals surface area contributed by atoms with Crippen LogP contribution in [0.5, 0.6) is 0 Å². The minimum atomic E-state index is 1.15. The van der Waals surface area contributed by atoms with Gasteiger partial charge >= 0.3 is 0 Å². The molecule has 16 heavy (non-hydrogen) atoms. The largest absolute Gasteiger partial charge is 0.373 e. The predicted molar refractivity (Wildman–Crippen MR) is 70.6 cm³/mol. The van der Waals surface area contributed by atoms with Crippen LogP contribution in [-0.2, 0) is 0 Å². The molecule has 0 bridgehead atoms. The summed E-state index contributed by atoms with van der Waals surface area (Å²) in [7, 11) is 0. The normalized spacial score (nSPS) is 18.1. The maximum atomic E-state index is 4.00. The van der Waals surface area contributed by atoms with Crippen LogP contribution in [0.3, 0.4) is 0 Å². The molecular weight excluding hydrogens is 198 g/mol. The summed E-state index contributed by atoms with van der Waals surface area (Å²) in [5.41, 5.74) is 1.21. The second-order valence-corrected chi connectivity index (χ2v) is 4.59. The van der Waals surface area contributed by atoms with E-state index in [0.29, 0.717) is 0 Å². The molecule has 0 radical (unpaired) electrons. The smallest absolute Gasteiger partial charge is 0.0303 e. The topological polar surface area (TPSA) is 9.72 Å². The van der Waals surface area contributed by atoms with E-state index in [9.17, 15) is 0 Å². The van der Waals surface area contributed by atoms with Crippen LogP contribution in [0.4, 0.5) is 0 Å². The molecule has 1 saturated heterocycles. The van der Waals surface area contributed by atoms with Crippen molar-refractivity contribution in [2.75, 3.05) is 52.4 Å². The van der Waals surface area contributed by atoms with Gasteiger partial charge in [0.25, 0.3) is 0 Å². The molecule has 3 nitrogen and oxygen atoms in total. The Labute approximate surface area is 101 Å². The summed E-state index contributed by atoms with van der Waals surface area (Å²) in [5, 5.41) is 0. The minimum Gasteiger partial charge on any atom is -0.373 e. The fourth-order valence-corrected chi connectivity index (χ4v) is 2.18. The van der Waals surface area contributed by atoms with Crippen LogP contribution in [0.25, 0.3) is 0 Å². The molecule has 0 atom stereocenters. The number of hydrogen-bond donors (Lipinski definition) is 0. The lowest BCUT2D eigenvalue weighted by Gasteiger charge is -2.37. The molecule has 0 saturated carbocycles. The molecule has 1 fully saturated rings. The molecule has 1 rings (SSSR count). The first kappa shape index (κ1) is 13.5. The van der Waals surface area contributed by atoms with E-state index in [-0.39, 0.29) is 0 Å². The molecule has 0 aliphatic carbocycles. The Balaban J connectivity index is 2.19. The standard InChI is InChI=1S/C13H27N3/c1-5-14(6-2)7-8-15-9-11-16(12-10-15)13(3)4/h3,5-12H2,1-2,4H3. The highest BCUT2D eigenvalue weighted by Gasteiger charge is 2.16. The molecule has 1 heterocycles. The molecule has 0 aromatic rings. The molecule has 0 aromatic heterocycles. The van der Waals surface area contributed by atoms with Gasteiger partial charge in [0.2, 0.25) is 0 Å². The number of allylic oxidation sites excluding steroid dienone is 1. The third-order valence-corrected chi connectivity index (χ3v) is 3.54. The molecular formula is C13H27N3. The molecule has 0 unspecified atom stereocenters. The molecule has 1 aliphatic heterocycles. The van der Waals surface area contributed by atoms with Crippen molar-refractivity contribution in [1.29, 1.82) is 0 Å². The Hall–Kier alpha value is -0.540. The lowest BCUT2D eigenvalue weighted by molar-refractivity contribution is 0.142. The van der Waals surface area contributed by atoms with E-state index in [1.165, 1.54) is 45.0 Å². The van der Waals surface area contributed by atoms with Crippen molar-refractivity contribution in [3.63, 3.8) is 0 Å². The van der Waals surface area contributed by atoms with Crippen molar-refractivity contribution in [3.8, 4) is 0 Å². The summed E-state index contributed by atoms with van der Waals surface area (Å²) in [6, 6.07) is 0. The molecule has 0 N–H and O–H groups in total. The van der Waals surface area contributed by atoms with Gasteiger partial charge in [-0.3, -0.25) is 4.90 Å². The highest BCUT2D eigenvalue weighted by atomic mass is 15.3. The van der Waals surface area contributed by atoms with E-state index in [1.54, 1.807) is 0 Å².